The number of carbonyl (C=O) groups excluding carboxylic acids is 2. The Morgan fingerprint density at radius 1 is 1.20 bits per heavy atom. The summed E-state index contributed by atoms with van der Waals surface area (Å²) < 4.78 is 0. The van der Waals surface area contributed by atoms with Gasteiger partial charge >= 0.3 is 12.1 Å². The molecule has 2 saturated heterocycles. The van der Waals surface area contributed by atoms with E-state index in [0.717, 1.165) is 56.7 Å². The normalized spacial score (nSPS) is 18.2. The fraction of sp³-hybridized carbons (Fsp3) is 0.474. The third-order valence-corrected chi connectivity index (χ3v) is 4.96. The molecule has 2 aliphatic rings. The smallest absolute Gasteiger partial charge is 0.317 e. The second kappa shape index (κ2) is 8.05. The minimum atomic E-state index is -0.0329. The number of nitrogens with zero attached hydrogens (tertiary/aromatic N) is 2. The average molecular weight is 342 g/mol. The topological polar surface area (TPSA) is 64.7 Å². The van der Waals surface area contributed by atoms with E-state index in [-0.39, 0.29) is 12.1 Å². The van der Waals surface area contributed by atoms with Crippen molar-refractivity contribution in [2.75, 3.05) is 39.3 Å². The van der Waals surface area contributed by atoms with Crippen LogP contribution in [0.5, 0.6) is 0 Å². The van der Waals surface area contributed by atoms with Crippen LogP contribution in [-0.4, -0.2) is 61.1 Å². The molecule has 1 aromatic carbocycles. The van der Waals surface area contributed by atoms with E-state index >= 15 is 0 Å². The van der Waals surface area contributed by atoms with Crippen LogP contribution in [0.2, 0.25) is 0 Å². The van der Waals surface area contributed by atoms with E-state index < -0.39 is 0 Å². The van der Waals surface area contributed by atoms with Gasteiger partial charge in [-0.15, -0.1) is 0 Å². The van der Waals surface area contributed by atoms with Crippen molar-refractivity contribution in [1.29, 1.82) is 0 Å². The Bertz CT molecular complexity index is 624. The van der Waals surface area contributed by atoms with Crippen LogP contribution < -0.4 is 10.6 Å². The summed E-state index contributed by atoms with van der Waals surface area (Å²) in [6.45, 7) is 8.31. The number of hydrogen-bond donors (Lipinski definition) is 2. The maximum atomic E-state index is 12.3. The summed E-state index contributed by atoms with van der Waals surface area (Å²) in [6, 6.07) is 9.89. The first-order valence-corrected chi connectivity index (χ1v) is 8.92. The first-order valence-electron chi connectivity index (χ1n) is 8.92. The fourth-order valence-corrected chi connectivity index (χ4v) is 3.39. The van der Waals surface area contributed by atoms with Crippen molar-refractivity contribution >= 4 is 17.6 Å². The van der Waals surface area contributed by atoms with Crippen molar-refractivity contribution in [1.82, 2.24) is 20.4 Å². The summed E-state index contributed by atoms with van der Waals surface area (Å²) in [5.41, 5.74) is 1.95. The molecule has 0 radical (unpaired) electrons. The Kier molecular flexibility index (Phi) is 5.58. The maximum absolute atomic E-state index is 12.3. The number of likely N-dealkylation sites (tertiary alicyclic amines) is 1. The molecule has 2 fully saturated rings. The van der Waals surface area contributed by atoms with Crippen LogP contribution in [0.3, 0.4) is 0 Å². The SMILES string of the molecule is C=C(CNC(=O)N1CCC(CN2CCNC2=O)CC1)c1ccccc1. The third-order valence-electron chi connectivity index (χ3n) is 4.96. The zero-order chi connectivity index (χ0) is 17.6. The summed E-state index contributed by atoms with van der Waals surface area (Å²) in [4.78, 5) is 27.7. The molecule has 1 aromatic rings. The minimum Gasteiger partial charge on any atom is -0.336 e. The van der Waals surface area contributed by atoms with Crippen LogP contribution >= 0.6 is 0 Å². The van der Waals surface area contributed by atoms with Gasteiger partial charge in [0.05, 0.1) is 0 Å². The Labute approximate surface area is 148 Å². The highest BCUT2D eigenvalue weighted by atomic mass is 16.2. The number of carbonyl (C=O) groups is 2. The maximum Gasteiger partial charge on any atom is 0.317 e. The number of amides is 4. The molecule has 0 spiro atoms. The van der Waals surface area contributed by atoms with Gasteiger partial charge in [0.2, 0.25) is 0 Å². The number of piperidine rings is 1. The minimum absolute atomic E-state index is 0.0329. The van der Waals surface area contributed by atoms with Crippen molar-refractivity contribution in [3.63, 3.8) is 0 Å². The molecule has 3 rings (SSSR count). The van der Waals surface area contributed by atoms with E-state index in [9.17, 15) is 9.59 Å². The van der Waals surface area contributed by atoms with E-state index in [2.05, 4.69) is 17.2 Å². The zero-order valence-electron chi connectivity index (χ0n) is 14.5. The number of rotatable bonds is 5. The van der Waals surface area contributed by atoms with Gasteiger partial charge in [-0.2, -0.15) is 0 Å². The fourth-order valence-electron chi connectivity index (χ4n) is 3.39. The summed E-state index contributed by atoms with van der Waals surface area (Å²) in [6.07, 6.45) is 1.88. The molecule has 25 heavy (non-hydrogen) atoms. The molecule has 2 heterocycles. The largest absolute Gasteiger partial charge is 0.336 e. The lowest BCUT2D eigenvalue weighted by atomic mass is 9.96. The van der Waals surface area contributed by atoms with Crippen LogP contribution in [0.4, 0.5) is 9.59 Å². The van der Waals surface area contributed by atoms with Crippen LogP contribution in [0, 0.1) is 5.92 Å². The molecular weight excluding hydrogens is 316 g/mol. The Balaban J connectivity index is 1.39. The Morgan fingerprint density at radius 3 is 2.56 bits per heavy atom. The quantitative estimate of drug-likeness (QED) is 0.861. The van der Waals surface area contributed by atoms with Gasteiger partial charge in [-0.05, 0) is 29.9 Å². The monoisotopic (exact) mass is 342 g/mol. The molecule has 2 N–H and O–H groups in total. The first-order chi connectivity index (χ1) is 12.1. The van der Waals surface area contributed by atoms with Crippen molar-refractivity contribution in [3.8, 4) is 0 Å². The highest BCUT2D eigenvalue weighted by molar-refractivity contribution is 5.77. The molecule has 134 valence electrons. The predicted octanol–water partition coefficient (Wildman–Crippen LogP) is 2.15. The highest BCUT2D eigenvalue weighted by Crippen LogP contribution is 2.19. The molecule has 0 aliphatic carbocycles. The second-order valence-electron chi connectivity index (χ2n) is 6.74. The van der Waals surface area contributed by atoms with E-state index in [1.54, 1.807) is 0 Å². The molecule has 0 unspecified atom stereocenters. The first kappa shape index (κ1) is 17.3. The molecule has 0 aromatic heterocycles. The van der Waals surface area contributed by atoms with Gasteiger partial charge in [-0.1, -0.05) is 36.9 Å². The molecule has 6 nitrogen and oxygen atoms in total. The Morgan fingerprint density at radius 2 is 1.92 bits per heavy atom. The summed E-state index contributed by atoms with van der Waals surface area (Å²) in [5, 5.41) is 5.79. The van der Waals surface area contributed by atoms with Crippen molar-refractivity contribution < 1.29 is 9.59 Å². The predicted molar refractivity (Wildman–Crippen MR) is 98.1 cm³/mol. The summed E-state index contributed by atoms with van der Waals surface area (Å²) in [5.74, 6) is 0.479. The van der Waals surface area contributed by atoms with E-state index in [1.807, 2.05) is 40.1 Å². The van der Waals surface area contributed by atoms with Gasteiger partial charge in [-0.25, -0.2) is 9.59 Å². The van der Waals surface area contributed by atoms with Crippen LogP contribution in [-0.2, 0) is 0 Å². The van der Waals surface area contributed by atoms with Crippen molar-refractivity contribution in [2.24, 2.45) is 5.92 Å². The van der Waals surface area contributed by atoms with Crippen LogP contribution in [0.15, 0.2) is 36.9 Å². The van der Waals surface area contributed by atoms with Gasteiger partial charge in [-0.3, -0.25) is 0 Å². The average Bonchev–Trinajstić information content (AvgIpc) is 3.05. The zero-order valence-corrected chi connectivity index (χ0v) is 14.5. The van der Waals surface area contributed by atoms with Crippen LogP contribution in [0.1, 0.15) is 18.4 Å². The summed E-state index contributed by atoms with van der Waals surface area (Å²) >= 11 is 0. The lowest BCUT2D eigenvalue weighted by molar-refractivity contribution is 0.156. The van der Waals surface area contributed by atoms with Gasteiger partial charge < -0.3 is 20.4 Å². The molecule has 0 saturated carbocycles. The molecule has 6 heteroatoms. The van der Waals surface area contributed by atoms with Crippen LogP contribution in [0.25, 0.3) is 5.57 Å². The number of nitrogens with one attached hydrogen (secondary N) is 2. The second-order valence-corrected chi connectivity index (χ2v) is 6.74. The van der Waals surface area contributed by atoms with Crippen molar-refractivity contribution in [3.05, 3.63) is 42.5 Å². The molecule has 4 amide bonds. The molecule has 0 atom stereocenters. The number of hydrogen-bond acceptors (Lipinski definition) is 2. The number of urea groups is 2. The van der Waals surface area contributed by atoms with Gasteiger partial charge in [0, 0.05) is 39.3 Å². The lowest BCUT2D eigenvalue weighted by Crippen LogP contribution is -2.46. The van der Waals surface area contributed by atoms with E-state index in [4.69, 9.17) is 0 Å². The van der Waals surface area contributed by atoms with Gasteiger partial charge in [0.1, 0.15) is 0 Å². The van der Waals surface area contributed by atoms with E-state index in [0.29, 0.717) is 12.5 Å². The third kappa shape index (κ3) is 4.53. The highest BCUT2D eigenvalue weighted by Gasteiger charge is 2.27. The van der Waals surface area contributed by atoms with Gasteiger partial charge in [0.15, 0.2) is 0 Å². The van der Waals surface area contributed by atoms with Gasteiger partial charge in [0.25, 0.3) is 0 Å². The van der Waals surface area contributed by atoms with E-state index in [1.165, 1.54) is 0 Å². The lowest BCUT2D eigenvalue weighted by Gasteiger charge is -2.33. The number of benzene rings is 1. The standard InChI is InChI=1S/C19H26N4O2/c1-15(17-5-3-2-4-6-17)13-21-19(25)22-10-7-16(8-11-22)14-23-12-9-20-18(23)24/h2-6,16H,1,7-14H2,(H,20,24)(H,21,25). The molecule has 2 aliphatic heterocycles. The summed E-state index contributed by atoms with van der Waals surface area (Å²) in [7, 11) is 0. The molecule has 0 bridgehead atoms. The van der Waals surface area contributed by atoms with Crippen molar-refractivity contribution in [2.45, 2.75) is 12.8 Å². The molecular formula is C19H26N4O2. The Hall–Kier alpha value is -2.50.